The minimum absolute atomic E-state index is 0.0769. The Hall–Kier alpha value is -3.09. The van der Waals surface area contributed by atoms with Gasteiger partial charge in [-0.3, -0.25) is 0 Å². The summed E-state index contributed by atoms with van der Waals surface area (Å²) >= 11 is 0. The fourth-order valence-electron chi connectivity index (χ4n) is 3.38. The number of imidazole rings is 1. The number of urea groups is 1. The molecule has 2 aromatic heterocycles. The molecule has 0 bridgehead atoms. The molecule has 4 rings (SSSR count). The molecule has 140 valence electrons. The summed E-state index contributed by atoms with van der Waals surface area (Å²) in [6.07, 6.45) is 4.62. The van der Waals surface area contributed by atoms with E-state index >= 15 is 0 Å². The van der Waals surface area contributed by atoms with E-state index < -0.39 is 0 Å². The van der Waals surface area contributed by atoms with Crippen molar-refractivity contribution in [3.8, 4) is 0 Å². The smallest absolute Gasteiger partial charge is 0.317 e. The first kappa shape index (κ1) is 17.3. The highest BCUT2D eigenvalue weighted by Crippen LogP contribution is 2.20. The number of hydrogen-bond acceptors (Lipinski definition) is 3. The number of benzene rings is 1. The summed E-state index contributed by atoms with van der Waals surface area (Å²) in [5.74, 6) is -0.220. The average Bonchev–Trinajstić information content (AvgIpc) is 3.11. The molecule has 1 aliphatic heterocycles. The molecule has 3 heterocycles. The molecule has 1 aliphatic rings. The van der Waals surface area contributed by atoms with Crippen LogP contribution in [0.15, 0.2) is 54.9 Å². The van der Waals surface area contributed by atoms with Crippen LogP contribution < -0.4 is 10.2 Å². The number of piperazine rings is 1. The molecule has 0 atom stereocenters. The Morgan fingerprint density at radius 1 is 1.07 bits per heavy atom. The van der Waals surface area contributed by atoms with Gasteiger partial charge in [-0.15, -0.1) is 0 Å². The van der Waals surface area contributed by atoms with Gasteiger partial charge in [-0.1, -0.05) is 18.2 Å². The van der Waals surface area contributed by atoms with Gasteiger partial charge in [0.25, 0.3) is 0 Å². The molecule has 1 aromatic carbocycles. The van der Waals surface area contributed by atoms with E-state index in [1.54, 1.807) is 17.0 Å². The van der Waals surface area contributed by atoms with Crippen LogP contribution >= 0.6 is 0 Å². The van der Waals surface area contributed by atoms with Gasteiger partial charge in [0.1, 0.15) is 11.5 Å². The van der Waals surface area contributed by atoms with Gasteiger partial charge in [-0.05, 0) is 24.3 Å². The second-order valence-electron chi connectivity index (χ2n) is 6.61. The molecule has 27 heavy (non-hydrogen) atoms. The molecule has 1 fully saturated rings. The van der Waals surface area contributed by atoms with Crippen LogP contribution in [-0.2, 0) is 6.42 Å². The minimum atomic E-state index is -0.220. The summed E-state index contributed by atoms with van der Waals surface area (Å²) in [5, 5.41) is 2.96. The topological polar surface area (TPSA) is 52.9 Å². The molecule has 2 amide bonds. The molecule has 1 saturated heterocycles. The van der Waals surface area contributed by atoms with Crippen molar-refractivity contribution in [3.63, 3.8) is 0 Å². The van der Waals surface area contributed by atoms with Gasteiger partial charge in [0.05, 0.1) is 11.4 Å². The summed E-state index contributed by atoms with van der Waals surface area (Å²) in [6.45, 7) is 2.95. The van der Waals surface area contributed by atoms with Crippen molar-refractivity contribution in [2.75, 3.05) is 37.6 Å². The first-order chi connectivity index (χ1) is 13.2. The van der Waals surface area contributed by atoms with E-state index in [9.17, 15) is 9.18 Å². The van der Waals surface area contributed by atoms with Gasteiger partial charge in [-0.2, -0.15) is 0 Å². The number of para-hydroxylation sites is 1. The van der Waals surface area contributed by atoms with Crippen molar-refractivity contribution in [1.82, 2.24) is 19.6 Å². The molecular formula is C20H22FN5O. The van der Waals surface area contributed by atoms with Crippen molar-refractivity contribution in [2.24, 2.45) is 0 Å². The molecule has 7 heteroatoms. The molecule has 6 nitrogen and oxygen atoms in total. The first-order valence-electron chi connectivity index (χ1n) is 9.15. The van der Waals surface area contributed by atoms with Crippen LogP contribution in [0.25, 0.3) is 5.65 Å². The Bertz CT molecular complexity index is 900. The SMILES string of the molecule is O=C(NCCc1cn2ccccc2n1)N1CCN(c2ccccc2F)CC1. The first-order valence-corrected chi connectivity index (χ1v) is 9.15. The summed E-state index contributed by atoms with van der Waals surface area (Å²) in [5.41, 5.74) is 2.46. The molecule has 0 aliphatic carbocycles. The molecule has 0 radical (unpaired) electrons. The number of aromatic nitrogens is 2. The molecular weight excluding hydrogens is 345 g/mol. The van der Waals surface area contributed by atoms with E-state index in [-0.39, 0.29) is 11.8 Å². The zero-order valence-electron chi connectivity index (χ0n) is 15.0. The van der Waals surface area contributed by atoms with E-state index in [1.165, 1.54) is 6.07 Å². The summed E-state index contributed by atoms with van der Waals surface area (Å²) in [6, 6.07) is 12.6. The standard InChI is InChI=1S/C20H22FN5O/c21-17-5-1-2-6-18(17)24-11-13-25(14-12-24)20(27)22-9-8-16-15-26-10-4-3-7-19(26)23-16/h1-7,10,15H,8-9,11-14H2,(H,22,27). The lowest BCUT2D eigenvalue weighted by molar-refractivity contribution is 0.194. The van der Waals surface area contributed by atoms with E-state index in [2.05, 4.69) is 10.3 Å². The molecule has 3 aromatic rings. The third kappa shape index (κ3) is 3.86. The lowest BCUT2D eigenvalue weighted by Crippen LogP contribution is -2.52. The Balaban J connectivity index is 1.25. The number of fused-ring (bicyclic) bond motifs is 1. The number of rotatable bonds is 4. The number of amides is 2. The molecule has 0 unspecified atom stereocenters. The minimum Gasteiger partial charge on any atom is -0.366 e. The highest BCUT2D eigenvalue weighted by Gasteiger charge is 2.22. The van der Waals surface area contributed by atoms with Crippen molar-refractivity contribution in [1.29, 1.82) is 0 Å². The number of nitrogens with zero attached hydrogens (tertiary/aromatic N) is 4. The van der Waals surface area contributed by atoms with Gasteiger partial charge in [0.15, 0.2) is 0 Å². The Morgan fingerprint density at radius 3 is 2.63 bits per heavy atom. The van der Waals surface area contributed by atoms with Crippen LogP contribution in [0.2, 0.25) is 0 Å². The predicted molar refractivity (Wildman–Crippen MR) is 102 cm³/mol. The molecule has 1 N–H and O–H groups in total. The van der Waals surface area contributed by atoms with E-state index in [1.807, 2.05) is 46.0 Å². The van der Waals surface area contributed by atoms with Crippen LogP contribution in [0.1, 0.15) is 5.69 Å². The fourth-order valence-corrected chi connectivity index (χ4v) is 3.38. The molecule has 0 saturated carbocycles. The van der Waals surface area contributed by atoms with E-state index in [0.717, 1.165) is 11.3 Å². The van der Waals surface area contributed by atoms with Crippen LogP contribution in [0, 0.1) is 5.82 Å². The average molecular weight is 367 g/mol. The second-order valence-corrected chi connectivity index (χ2v) is 6.61. The Labute approximate surface area is 157 Å². The number of carbonyl (C=O) groups excluding carboxylic acids is 1. The Kier molecular flexibility index (Phi) is 4.91. The third-order valence-electron chi connectivity index (χ3n) is 4.83. The summed E-state index contributed by atoms with van der Waals surface area (Å²) in [7, 11) is 0. The van der Waals surface area contributed by atoms with Crippen LogP contribution in [0.4, 0.5) is 14.9 Å². The van der Waals surface area contributed by atoms with E-state index in [0.29, 0.717) is 44.8 Å². The fraction of sp³-hybridized carbons (Fsp3) is 0.300. The normalized spacial score (nSPS) is 14.6. The number of hydrogen-bond donors (Lipinski definition) is 1. The summed E-state index contributed by atoms with van der Waals surface area (Å²) in [4.78, 5) is 20.7. The summed E-state index contributed by atoms with van der Waals surface area (Å²) < 4.78 is 15.9. The van der Waals surface area contributed by atoms with Crippen molar-refractivity contribution >= 4 is 17.4 Å². The predicted octanol–water partition coefficient (Wildman–Crippen LogP) is 2.55. The van der Waals surface area contributed by atoms with Gasteiger partial charge in [0.2, 0.25) is 0 Å². The second kappa shape index (κ2) is 7.65. The number of halogens is 1. The van der Waals surface area contributed by atoms with Crippen LogP contribution in [-0.4, -0.2) is 53.0 Å². The van der Waals surface area contributed by atoms with Gasteiger partial charge in [-0.25, -0.2) is 14.2 Å². The lowest BCUT2D eigenvalue weighted by atomic mass is 10.2. The monoisotopic (exact) mass is 367 g/mol. The van der Waals surface area contributed by atoms with Crippen molar-refractivity contribution in [3.05, 3.63) is 66.4 Å². The zero-order valence-corrected chi connectivity index (χ0v) is 15.0. The van der Waals surface area contributed by atoms with Crippen LogP contribution in [0.3, 0.4) is 0 Å². The third-order valence-corrected chi connectivity index (χ3v) is 4.83. The number of nitrogens with one attached hydrogen (secondary N) is 1. The highest BCUT2D eigenvalue weighted by molar-refractivity contribution is 5.74. The maximum Gasteiger partial charge on any atom is 0.317 e. The van der Waals surface area contributed by atoms with Crippen LogP contribution in [0.5, 0.6) is 0 Å². The maximum absolute atomic E-state index is 13.9. The lowest BCUT2D eigenvalue weighted by Gasteiger charge is -2.36. The molecule has 0 spiro atoms. The van der Waals surface area contributed by atoms with Crippen molar-refractivity contribution < 1.29 is 9.18 Å². The maximum atomic E-state index is 13.9. The van der Waals surface area contributed by atoms with Gasteiger partial charge < -0.3 is 19.5 Å². The quantitative estimate of drug-likeness (QED) is 0.771. The largest absolute Gasteiger partial charge is 0.366 e. The van der Waals surface area contributed by atoms with Gasteiger partial charge in [0, 0.05) is 51.5 Å². The number of pyridine rings is 1. The van der Waals surface area contributed by atoms with Gasteiger partial charge >= 0.3 is 6.03 Å². The van der Waals surface area contributed by atoms with E-state index in [4.69, 9.17) is 0 Å². The zero-order chi connectivity index (χ0) is 18.6. The highest BCUT2D eigenvalue weighted by atomic mass is 19.1. The Morgan fingerprint density at radius 2 is 1.85 bits per heavy atom. The van der Waals surface area contributed by atoms with Crippen molar-refractivity contribution in [2.45, 2.75) is 6.42 Å². The number of carbonyl (C=O) groups is 1. The number of anilines is 1.